The van der Waals surface area contributed by atoms with Crippen LogP contribution in [0.1, 0.15) is 45.5 Å². The van der Waals surface area contributed by atoms with Crippen molar-refractivity contribution < 1.29 is 4.57 Å². The van der Waals surface area contributed by atoms with E-state index in [4.69, 9.17) is 5.10 Å². The van der Waals surface area contributed by atoms with Gasteiger partial charge in [0.1, 0.15) is 5.69 Å². The van der Waals surface area contributed by atoms with Crippen molar-refractivity contribution in [3.05, 3.63) is 42.5 Å². The van der Waals surface area contributed by atoms with Crippen LogP contribution in [0.2, 0.25) is 0 Å². The lowest BCUT2D eigenvalue weighted by Crippen LogP contribution is -2.38. The highest BCUT2D eigenvalue weighted by Crippen LogP contribution is 2.30. The van der Waals surface area contributed by atoms with Gasteiger partial charge in [0.05, 0.1) is 6.04 Å². The smallest absolute Gasteiger partial charge is 0.231 e. The Hall–Kier alpha value is -1.64. The lowest BCUT2D eigenvalue weighted by Gasteiger charge is -2.21. The Morgan fingerprint density at radius 3 is 2.68 bits per heavy atom. The molecule has 2 aromatic rings. The molecular formula is C16H22N3+. The van der Waals surface area contributed by atoms with Gasteiger partial charge in [0.15, 0.2) is 0 Å². The van der Waals surface area contributed by atoms with E-state index in [1.807, 2.05) is 10.7 Å². The summed E-state index contributed by atoms with van der Waals surface area (Å²) in [6, 6.07) is 10.9. The number of rotatable bonds is 2. The molecule has 0 aliphatic carbocycles. The molecule has 3 rings (SSSR count). The lowest BCUT2D eigenvalue weighted by molar-refractivity contribution is -0.719. The van der Waals surface area contributed by atoms with Crippen molar-refractivity contribution in [2.45, 2.75) is 46.1 Å². The molecule has 3 heteroatoms. The summed E-state index contributed by atoms with van der Waals surface area (Å²) in [6.07, 6.45) is 5.70. The first-order valence-corrected chi connectivity index (χ1v) is 7.08. The fourth-order valence-corrected chi connectivity index (χ4v) is 2.92. The number of fused-ring (bicyclic) bond motifs is 1. The van der Waals surface area contributed by atoms with Crippen molar-refractivity contribution in [3.63, 3.8) is 0 Å². The molecule has 2 heterocycles. The van der Waals surface area contributed by atoms with Crippen molar-refractivity contribution in [2.24, 2.45) is 5.41 Å². The minimum absolute atomic E-state index is 0.369. The predicted octanol–water partition coefficient (Wildman–Crippen LogP) is 3.08. The van der Waals surface area contributed by atoms with Gasteiger partial charge >= 0.3 is 0 Å². The highest BCUT2D eigenvalue weighted by Gasteiger charge is 2.34. The third kappa shape index (κ3) is 2.55. The third-order valence-electron chi connectivity index (χ3n) is 3.72. The number of aromatic nitrogens is 3. The summed E-state index contributed by atoms with van der Waals surface area (Å²) in [5, 5.41) is 4.72. The highest BCUT2D eigenvalue weighted by molar-refractivity contribution is 5.28. The molecule has 0 unspecified atom stereocenters. The molecule has 0 fully saturated rings. The van der Waals surface area contributed by atoms with Gasteiger partial charge in [0, 0.05) is 11.5 Å². The van der Waals surface area contributed by atoms with Crippen LogP contribution in [0, 0.1) is 5.41 Å². The fourth-order valence-electron chi connectivity index (χ4n) is 2.92. The van der Waals surface area contributed by atoms with E-state index in [1.165, 1.54) is 18.7 Å². The molecule has 0 N–H and O–H groups in total. The number of benzene rings is 1. The summed E-state index contributed by atoms with van der Waals surface area (Å²) >= 11 is 0. The van der Waals surface area contributed by atoms with Crippen molar-refractivity contribution in [2.75, 3.05) is 0 Å². The zero-order valence-electron chi connectivity index (χ0n) is 12.0. The van der Waals surface area contributed by atoms with Gasteiger partial charge < -0.3 is 0 Å². The maximum atomic E-state index is 4.72. The molecule has 0 radical (unpaired) electrons. The van der Waals surface area contributed by atoms with E-state index >= 15 is 0 Å². The van der Waals surface area contributed by atoms with E-state index in [0.717, 1.165) is 12.1 Å². The van der Waals surface area contributed by atoms with Gasteiger partial charge in [-0.2, -0.15) is 0 Å². The normalized spacial score (nSPS) is 18.6. The Balaban J connectivity index is 1.89. The zero-order valence-corrected chi connectivity index (χ0v) is 12.0. The molecule has 100 valence electrons. The van der Waals surface area contributed by atoms with Crippen molar-refractivity contribution in [1.29, 1.82) is 0 Å². The first-order chi connectivity index (χ1) is 9.03. The molecule has 3 nitrogen and oxygen atoms in total. The molecule has 0 spiro atoms. The molecule has 19 heavy (non-hydrogen) atoms. The predicted molar refractivity (Wildman–Crippen MR) is 75.2 cm³/mol. The summed E-state index contributed by atoms with van der Waals surface area (Å²) in [7, 11) is 0. The van der Waals surface area contributed by atoms with Crippen LogP contribution < -0.4 is 4.57 Å². The Morgan fingerprint density at radius 1 is 1.26 bits per heavy atom. The van der Waals surface area contributed by atoms with E-state index in [-0.39, 0.29) is 0 Å². The lowest BCUT2D eigenvalue weighted by atomic mass is 9.87. The largest absolute Gasteiger partial charge is 0.278 e. The quantitative estimate of drug-likeness (QED) is 0.757. The molecule has 0 saturated heterocycles. The molecule has 1 aliphatic rings. The molecule has 1 aliphatic heterocycles. The molecule has 0 amide bonds. The standard InChI is InChI=1S/C16H22N3/c1-16(2,3)11-14-9-10-15-17-19(12-18(14)15)13-7-5-4-6-8-13/h4-8,12,14H,9-11H2,1-3H3/q+1/t14-/m1/s1. The highest BCUT2D eigenvalue weighted by atomic mass is 15.4. The second-order valence-corrected chi connectivity index (χ2v) is 6.68. The van der Waals surface area contributed by atoms with Crippen molar-refractivity contribution in [1.82, 2.24) is 9.78 Å². The average Bonchev–Trinajstić information content (AvgIpc) is 2.91. The van der Waals surface area contributed by atoms with E-state index in [0.29, 0.717) is 11.5 Å². The zero-order chi connectivity index (χ0) is 13.5. The topological polar surface area (TPSA) is 21.7 Å². The number of hydrogen-bond donors (Lipinski definition) is 0. The van der Waals surface area contributed by atoms with Crippen LogP contribution in [-0.2, 0) is 6.42 Å². The van der Waals surface area contributed by atoms with Gasteiger partial charge in [0.2, 0.25) is 6.33 Å². The maximum absolute atomic E-state index is 4.72. The van der Waals surface area contributed by atoms with Gasteiger partial charge in [-0.3, -0.25) is 0 Å². The first kappa shape index (κ1) is 12.4. The van der Waals surface area contributed by atoms with Crippen LogP contribution in [0.25, 0.3) is 5.69 Å². The maximum Gasteiger partial charge on any atom is 0.278 e. The van der Waals surface area contributed by atoms with E-state index in [2.05, 4.69) is 55.9 Å². The SMILES string of the molecule is CC(C)(C)C[C@H]1CCc2nn(-c3ccccc3)c[n+]21. The van der Waals surface area contributed by atoms with E-state index in [9.17, 15) is 0 Å². The monoisotopic (exact) mass is 256 g/mol. The van der Waals surface area contributed by atoms with Gasteiger partial charge in [0.25, 0.3) is 5.82 Å². The number of para-hydroxylation sites is 1. The molecular weight excluding hydrogens is 234 g/mol. The van der Waals surface area contributed by atoms with Crippen molar-refractivity contribution >= 4 is 0 Å². The second kappa shape index (κ2) is 4.48. The molecule has 0 bridgehead atoms. The van der Waals surface area contributed by atoms with Crippen LogP contribution in [0.4, 0.5) is 0 Å². The summed E-state index contributed by atoms with van der Waals surface area (Å²) in [5.41, 5.74) is 1.51. The van der Waals surface area contributed by atoms with Gasteiger partial charge in [-0.25, -0.2) is 4.57 Å². The average molecular weight is 256 g/mol. The summed E-state index contributed by atoms with van der Waals surface area (Å²) in [4.78, 5) is 0. The first-order valence-electron chi connectivity index (χ1n) is 7.08. The van der Waals surface area contributed by atoms with Crippen LogP contribution >= 0.6 is 0 Å². The van der Waals surface area contributed by atoms with Crippen LogP contribution in [0.15, 0.2) is 36.7 Å². The molecule has 1 atom stereocenters. The van der Waals surface area contributed by atoms with E-state index in [1.54, 1.807) is 0 Å². The Morgan fingerprint density at radius 2 is 2.00 bits per heavy atom. The third-order valence-corrected chi connectivity index (χ3v) is 3.72. The van der Waals surface area contributed by atoms with Crippen molar-refractivity contribution in [3.8, 4) is 5.69 Å². The van der Waals surface area contributed by atoms with E-state index < -0.39 is 0 Å². The molecule has 1 aromatic heterocycles. The van der Waals surface area contributed by atoms with Gasteiger partial charge in [-0.15, -0.1) is 0 Å². The number of hydrogen-bond acceptors (Lipinski definition) is 1. The van der Waals surface area contributed by atoms with Gasteiger partial charge in [-0.1, -0.05) is 43.7 Å². The summed E-state index contributed by atoms with van der Waals surface area (Å²) < 4.78 is 4.38. The molecule has 1 aromatic carbocycles. The minimum Gasteiger partial charge on any atom is -0.231 e. The van der Waals surface area contributed by atoms with Crippen LogP contribution in [-0.4, -0.2) is 9.78 Å². The second-order valence-electron chi connectivity index (χ2n) is 6.68. The fraction of sp³-hybridized carbons (Fsp3) is 0.500. The number of nitrogens with zero attached hydrogens (tertiary/aromatic N) is 3. The minimum atomic E-state index is 0.369. The Bertz CT molecular complexity index is 563. The van der Waals surface area contributed by atoms with Gasteiger partial charge in [-0.05, 0) is 30.4 Å². The van der Waals surface area contributed by atoms with Crippen LogP contribution in [0.5, 0.6) is 0 Å². The van der Waals surface area contributed by atoms with Crippen LogP contribution in [0.3, 0.4) is 0 Å². The Kier molecular flexibility index (Phi) is 2.92. The number of aryl methyl sites for hydroxylation is 1. The summed E-state index contributed by atoms with van der Waals surface area (Å²) in [6.45, 7) is 6.94. The molecule has 0 saturated carbocycles. The Labute approximate surface area is 114 Å². The summed E-state index contributed by atoms with van der Waals surface area (Å²) in [5.74, 6) is 1.22.